The van der Waals surface area contributed by atoms with E-state index in [1.807, 2.05) is 0 Å². The summed E-state index contributed by atoms with van der Waals surface area (Å²) in [4.78, 5) is 11.7. The molecule has 1 aromatic heterocycles. The lowest BCUT2D eigenvalue weighted by Crippen LogP contribution is -2.21. The van der Waals surface area contributed by atoms with Crippen molar-refractivity contribution in [2.45, 2.75) is 6.92 Å². The van der Waals surface area contributed by atoms with Gasteiger partial charge in [-0.05, 0) is 31.2 Å². The van der Waals surface area contributed by atoms with Crippen molar-refractivity contribution in [3.8, 4) is 5.69 Å². The first-order valence-electron chi connectivity index (χ1n) is 4.48. The third kappa shape index (κ3) is 1.68. The Balaban J connectivity index is 2.64. The minimum Gasteiger partial charge on any atom is -0.247 e. The van der Waals surface area contributed by atoms with Crippen molar-refractivity contribution in [3.63, 3.8) is 0 Å². The van der Waals surface area contributed by atoms with Crippen LogP contribution < -0.4 is 5.69 Å². The number of aromatic nitrogens is 3. The standard InChI is InChI=1S/C10H10ClN3O/c1-7-12-13(2)10(15)14(7)9-5-3-8(11)4-6-9/h3-6H,1-2H3. The number of hydrogen-bond acceptors (Lipinski definition) is 2. The van der Waals surface area contributed by atoms with E-state index in [-0.39, 0.29) is 5.69 Å². The lowest BCUT2D eigenvalue weighted by Gasteiger charge is -2.01. The van der Waals surface area contributed by atoms with Crippen LogP contribution in [0.1, 0.15) is 5.82 Å². The molecule has 0 aliphatic heterocycles. The van der Waals surface area contributed by atoms with Gasteiger partial charge in [-0.25, -0.2) is 14.0 Å². The maximum absolute atomic E-state index is 11.7. The van der Waals surface area contributed by atoms with Gasteiger partial charge < -0.3 is 0 Å². The van der Waals surface area contributed by atoms with Crippen LogP contribution in [0.5, 0.6) is 0 Å². The highest BCUT2D eigenvalue weighted by Gasteiger charge is 2.08. The van der Waals surface area contributed by atoms with Gasteiger partial charge >= 0.3 is 5.69 Å². The molecule has 0 spiro atoms. The molecule has 0 aliphatic carbocycles. The van der Waals surface area contributed by atoms with E-state index < -0.39 is 0 Å². The quantitative estimate of drug-likeness (QED) is 0.736. The molecule has 0 unspecified atom stereocenters. The molecule has 15 heavy (non-hydrogen) atoms. The highest BCUT2D eigenvalue weighted by Crippen LogP contribution is 2.12. The summed E-state index contributed by atoms with van der Waals surface area (Å²) in [6.07, 6.45) is 0. The first-order chi connectivity index (χ1) is 7.09. The zero-order chi connectivity index (χ0) is 11.0. The van der Waals surface area contributed by atoms with E-state index >= 15 is 0 Å². The Hall–Kier alpha value is -1.55. The van der Waals surface area contributed by atoms with Gasteiger partial charge in [-0.15, -0.1) is 0 Å². The molecule has 1 aromatic carbocycles. The second-order valence-electron chi connectivity index (χ2n) is 3.27. The van der Waals surface area contributed by atoms with Crippen LogP contribution in [0.3, 0.4) is 0 Å². The Labute approximate surface area is 91.7 Å². The highest BCUT2D eigenvalue weighted by molar-refractivity contribution is 6.30. The number of aryl methyl sites for hydroxylation is 2. The zero-order valence-corrected chi connectivity index (χ0v) is 9.19. The molecular formula is C10H10ClN3O. The molecule has 1 heterocycles. The van der Waals surface area contributed by atoms with Crippen molar-refractivity contribution < 1.29 is 0 Å². The monoisotopic (exact) mass is 223 g/mol. The van der Waals surface area contributed by atoms with Crippen molar-refractivity contribution in [2.24, 2.45) is 7.05 Å². The van der Waals surface area contributed by atoms with Crippen molar-refractivity contribution in [2.75, 3.05) is 0 Å². The average Bonchev–Trinajstić information content (AvgIpc) is 2.44. The minimum absolute atomic E-state index is 0.158. The molecule has 0 saturated heterocycles. The third-order valence-corrected chi connectivity index (χ3v) is 2.42. The summed E-state index contributed by atoms with van der Waals surface area (Å²) >= 11 is 5.78. The van der Waals surface area contributed by atoms with Crippen LogP contribution in [0.25, 0.3) is 5.69 Å². The van der Waals surface area contributed by atoms with E-state index in [2.05, 4.69) is 5.10 Å². The Kier molecular flexibility index (Phi) is 2.36. The lowest BCUT2D eigenvalue weighted by atomic mass is 10.3. The molecule has 0 amide bonds. The molecule has 0 saturated carbocycles. The summed E-state index contributed by atoms with van der Waals surface area (Å²) < 4.78 is 2.85. The van der Waals surface area contributed by atoms with Crippen LogP contribution in [-0.2, 0) is 7.05 Å². The fourth-order valence-corrected chi connectivity index (χ4v) is 1.60. The molecule has 2 rings (SSSR count). The van der Waals surface area contributed by atoms with Gasteiger partial charge in [0.25, 0.3) is 0 Å². The fourth-order valence-electron chi connectivity index (χ4n) is 1.48. The summed E-state index contributed by atoms with van der Waals surface area (Å²) in [6.45, 7) is 1.79. The second-order valence-corrected chi connectivity index (χ2v) is 3.70. The lowest BCUT2D eigenvalue weighted by molar-refractivity contribution is 0.723. The molecule has 2 aromatic rings. The molecule has 78 valence electrons. The molecule has 0 N–H and O–H groups in total. The van der Waals surface area contributed by atoms with Crippen LogP contribution in [0, 0.1) is 6.92 Å². The smallest absolute Gasteiger partial charge is 0.247 e. The van der Waals surface area contributed by atoms with E-state index in [9.17, 15) is 4.79 Å². The van der Waals surface area contributed by atoms with Crippen LogP contribution in [0.2, 0.25) is 5.02 Å². The summed E-state index contributed by atoms with van der Waals surface area (Å²) in [5.41, 5.74) is 0.616. The number of benzene rings is 1. The normalized spacial score (nSPS) is 10.6. The van der Waals surface area contributed by atoms with E-state index in [4.69, 9.17) is 11.6 Å². The molecular weight excluding hydrogens is 214 g/mol. The second kappa shape index (κ2) is 3.55. The first kappa shape index (κ1) is 9.98. The Bertz CT molecular complexity index is 539. The van der Waals surface area contributed by atoms with Gasteiger partial charge in [0.1, 0.15) is 5.82 Å². The van der Waals surface area contributed by atoms with Gasteiger partial charge in [-0.1, -0.05) is 11.6 Å². The molecule has 5 heteroatoms. The molecule has 0 atom stereocenters. The third-order valence-electron chi connectivity index (χ3n) is 2.17. The first-order valence-corrected chi connectivity index (χ1v) is 4.86. The minimum atomic E-state index is -0.158. The van der Waals surface area contributed by atoms with E-state index in [1.165, 1.54) is 9.25 Å². The van der Waals surface area contributed by atoms with Crippen LogP contribution in [0.15, 0.2) is 29.1 Å². The summed E-state index contributed by atoms with van der Waals surface area (Å²) in [7, 11) is 1.63. The van der Waals surface area contributed by atoms with Gasteiger partial charge in [0.2, 0.25) is 0 Å². The van der Waals surface area contributed by atoms with E-state index in [0.29, 0.717) is 10.8 Å². The summed E-state index contributed by atoms with van der Waals surface area (Å²) in [5.74, 6) is 0.657. The SMILES string of the molecule is Cc1nn(C)c(=O)n1-c1ccc(Cl)cc1. The topological polar surface area (TPSA) is 39.8 Å². The van der Waals surface area contributed by atoms with Crippen molar-refractivity contribution in [3.05, 3.63) is 45.6 Å². The Morgan fingerprint density at radius 2 is 1.87 bits per heavy atom. The van der Waals surface area contributed by atoms with Crippen LogP contribution in [0.4, 0.5) is 0 Å². The van der Waals surface area contributed by atoms with Gasteiger partial charge in [0.05, 0.1) is 5.69 Å². The number of hydrogen-bond donors (Lipinski definition) is 0. The maximum Gasteiger partial charge on any atom is 0.350 e. The summed E-state index contributed by atoms with van der Waals surface area (Å²) in [5, 5.41) is 4.69. The molecule has 4 nitrogen and oxygen atoms in total. The molecule has 0 fully saturated rings. The van der Waals surface area contributed by atoms with Crippen molar-refractivity contribution in [1.82, 2.24) is 14.3 Å². The molecule has 0 aliphatic rings. The number of halogens is 1. The predicted molar refractivity (Wildman–Crippen MR) is 58.6 cm³/mol. The predicted octanol–water partition coefficient (Wildman–Crippen LogP) is 1.53. The van der Waals surface area contributed by atoms with Gasteiger partial charge in [-0.2, -0.15) is 5.10 Å². The van der Waals surface area contributed by atoms with Gasteiger partial charge in [0, 0.05) is 12.1 Å². The van der Waals surface area contributed by atoms with Crippen molar-refractivity contribution in [1.29, 1.82) is 0 Å². The Morgan fingerprint density at radius 1 is 1.27 bits per heavy atom. The fraction of sp³-hybridized carbons (Fsp3) is 0.200. The summed E-state index contributed by atoms with van der Waals surface area (Å²) in [6, 6.07) is 7.07. The van der Waals surface area contributed by atoms with Gasteiger partial charge in [0.15, 0.2) is 0 Å². The van der Waals surface area contributed by atoms with Crippen LogP contribution >= 0.6 is 11.6 Å². The number of rotatable bonds is 1. The van der Waals surface area contributed by atoms with E-state index in [1.54, 1.807) is 38.2 Å². The average molecular weight is 224 g/mol. The van der Waals surface area contributed by atoms with E-state index in [0.717, 1.165) is 5.69 Å². The van der Waals surface area contributed by atoms with Crippen molar-refractivity contribution >= 4 is 11.6 Å². The zero-order valence-electron chi connectivity index (χ0n) is 8.44. The van der Waals surface area contributed by atoms with Crippen LogP contribution in [-0.4, -0.2) is 14.3 Å². The molecule has 0 radical (unpaired) electrons. The molecule has 0 bridgehead atoms. The highest BCUT2D eigenvalue weighted by atomic mass is 35.5. The van der Waals surface area contributed by atoms with Gasteiger partial charge in [-0.3, -0.25) is 0 Å². The maximum atomic E-state index is 11.7. The Morgan fingerprint density at radius 3 is 2.33 bits per heavy atom. The largest absolute Gasteiger partial charge is 0.350 e. The number of nitrogens with zero attached hydrogens (tertiary/aromatic N) is 3.